The Morgan fingerprint density at radius 2 is 2.17 bits per heavy atom. The highest BCUT2D eigenvalue weighted by Gasteiger charge is 2.07. The number of hydrogen-bond acceptors (Lipinski definition) is 4. The second-order valence-electron chi connectivity index (χ2n) is 4.03. The first-order chi connectivity index (χ1) is 8.70. The van der Waals surface area contributed by atoms with Crippen molar-refractivity contribution in [3.63, 3.8) is 0 Å². The number of para-hydroxylation sites is 1. The van der Waals surface area contributed by atoms with Gasteiger partial charge in [-0.2, -0.15) is 0 Å². The van der Waals surface area contributed by atoms with E-state index >= 15 is 0 Å². The zero-order valence-electron chi connectivity index (χ0n) is 10.3. The largest absolute Gasteiger partial charge is 0.466 e. The monoisotopic (exact) mass is 244 g/mol. The third-order valence-electron chi connectivity index (χ3n) is 2.74. The van der Waals surface area contributed by atoms with Crippen LogP contribution in [0.3, 0.4) is 0 Å². The molecule has 2 rings (SSSR count). The van der Waals surface area contributed by atoms with E-state index in [0.717, 1.165) is 16.5 Å². The normalized spacial score (nSPS) is 10.5. The van der Waals surface area contributed by atoms with Crippen LogP contribution < -0.4 is 5.73 Å². The van der Waals surface area contributed by atoms with Crippen molar-refractivity contribution in [1.29, 1.82) is 0 Å². The number of aromatic nitrogens is 1. The van der Waals surface area contributed by atoms with Gasteiger partial charge in [-0.05, 0) is 31.0 Å². The molecule has 0 atom stereocenters. The van der Waals surface area contributed by atoms with Crippen LogP contribution in [0.15, 0.2) is 30.3 Å². The molecular formula is C14H16N2O2. The number of nitrogen functional groups attached to an aromatic ring is 1. The van der Waals surface area contributed by atoms with Crippen molar-refractivity contribution in [1.82, 2.24) is 4.98 Å². The fraction of sp³-hybridized carbons (Fsp3) is 0.286. The molecule has 0 aliphatic carbocycles. The molecule has 4 nitrogen and oxygen atoms in total. The molecule has 0 saturated carbocycles. The Kier molecular flexibility index (Phi) is 3.77. The maximum atomic E-state index is 11.3. The lowest BCUT2D eigenvalue weighted by Gasteiger charge is -2.07. The van der Waals surface area contributed by atoms with E-state index in [4.69, 9.17) is 10.5 Å². The first kappa shape index (κ1) is 12.4. The third kappa shape index (κ3) is 2.77. The second-order valence-corrected chi connectivity index (χ2v) is 4.03. The second kappa shape index (κ2) is 5.49. The lowest BCUT2D eigenvalue weighted by atomic mass is 10.1. The Hall–Kier alpha value is -2.10. The number of fused-ring (bicyclic) bond motifs is 1. The van der Waals surface area contributed by atoms with Crippen molar-refractivity contribution in [3.05, 3.63) is 35.9 Å². The number of anilines is 1. The van der Waals surface area contributed by atoms with E-state index in [2.05, 4.69) is 4.98 Å². The summed E-state index contributed by atoms with van der Waals surface area (Å²) in [6.07, 6.45) is 0.889. The molecule has 0 aliphatic heterocycles. The van der Waals surface area contributed by atoms with Crippen molar-refractivity contribution in [2.45, 2.75) is 19.8 Å². The predicted octanol–water partition coefficient (Wildman–Crippen LogP) is 2.31. The maximum absolute atomic E-state index is 11.3. The molecule has 0 fully saturated rings. The standard InChI is InChI=1S/C14H16N2O2/c1-2-18-13(17)8-7-11-9-10-5-3-4-6-12(10)16-14(11)15/h3-6,9H,2,7-8H2,1H3,(H2,15,16). The summed E-state index contributed by atoms with van der Waals surface area (Å²) >= 11 is 0. The minimum Gasteiger partial charge on any atom is -0.466 e. The van der Waals surface area contributed by atoms with Gasteiger partial charge in [0.15, 0.2) is 0 Å². The van der Waals surface area contributed by atoms with Crippen LogP contribution in [0, 0.1) is 0 Å². The quantitative estimate of drug-likeness (QED) is 0.838. The highest BCUT2D eigenvalue weighted by Crippen LogP contribution is 2.19. The summed E-state index contributed by atoms with van der Waals surface area (Å²) in [5.41, 5.74) is 7.64. The van der Waals surface area contributed by atoms with Gasteiger partial charge in [-0.15, -0.1) is 0 Å². The van der Waals surface area contributed by atoms with Crippen LogP contribution in [0.25, 0.3) is 10.9 Å². The molecule has 0 aliphatic rings. The maximum Gasteiger partial charge on any atom is 0.306 e. The number of benzene rings is 1. The molecule has 94 valence electrons. The van der Waals surface area contributed by atoms with Gasteiger partial charge in [0.2, 0.25) is 0 Å². The zero-order valence-corrected chi connectivity index (χ0v) is 10.3. The molecule has 1 aromatic heterocycles. The summed E-state index contributed by atoms with van der Waals surface area (Å²) in [6.45, 7) is 2.20. The van der Waals surface area contributed by atoms with Crippen molar-refractivity contribution in [3.8, 4) is 0 Å². The Morgan fingerprint density at radius 3 is 2.94 bits per heavy atom. The summed E-state index contributed by atoms with van der Waals surface area (Å²) in [5, 5.41) is 1.03. The minimum absolute atomic E-state index is 0.204. The van der Waals surface area contributed by atoms with Gasteiger partial charge in [0.05, 0.1) is 12.1 Å². The highest BCUT2D eigenvalue weighted by molar-refractivity contribution is 5.81. The third-order valence-corrected chi connectivity index (χ3v) is 2.74. The molecule has 4 heteroatoms. The first-order valence-corrected chi connectivity index (χ1v) is 6.00. The lowest BCUT2D eigenvalue weighted by molar-refractivity contribution is -0.143. The van der Waals surface area contributed by atoms with Crippen LogP contribution in [0.2, 0.25) is 0 Å². The summed E-state index contributed by atoms with van der Waals surface area (Å²) < 4.78 is 4.89. The average molecular weight is 244 g/mol. The smallest absolute Gasteiger partial charge is 0.306 e. The number of pyridine rings is 1. The molecule has 2 N–H and O–H groups in total. The number of carbonyl (C=O) groups is 1. The van der Waals surface area contributed by atoms with Gasteiger partial charge in [0.1, 0.15) is 5.82 Å². The SMILES string of the molecule is CCOC(=O)CCc1cc2ccccc2nc1N. The van der Waals surface area contributed by atoms with Crippen LogP contribution in [-0.2, 0) is 16.0 Å². The summed E-state index contributed by atoms with van der Waals surface area (Å²) in [4.78, 5) is 15.6. The highest BCUT2D eigenvalue weighted by atomic mass is 16.5. The van der Waals surface area contributed by atoms with Gasteiger partial charge in [0, 0.05) is 11.8 Å². The molecule has 2 aromatic rings. The number of hydrogen-bond donors (Lipinski definition) is 1. The topological polar surface area (TPSA) is 65.2 Å². The van der Waals surface area contributed by atoms with Crippen LogP contribution in [-0.4, -0.2) is 17.6 Å². The van der Waals surface area contributed by atoms with E-state index in [1.54, 1.807) is 6.92 Å². The minimum atomic E-state index is -0.204. The molecule has 0 amide bonds. The van der Waals surface area contributed by atoms with Crippen LogP contribution in [0.1, 0.15) is 18.9 Å². The van der Waals surface area contributed by atoms with Crippen LogP contribution in [0.4, 0.5) is 5.82 Å². The predicted molar refractivity (Wildman–Crippen MR) is 71.1 cm³/mol. The Labute approximate surface area is 106 Å². The van der Waals surface area contributed by atoms with Gasteiger partial charge < -0.3 is 10.5 Å². The summed E-state index contributed by atoms with van der Waals surface area (Å²) in [6, 6.07) is 9.76. The van der Waals surface area contributed by atoms with Gasteiger partial charge in [-0.1, -0.05) is 18.2 Å². The summed E-state index contributed by atoms with van der Waals surface area (Å²) in [7, 11) is 0. The number of esters is 1. The summed E-state index contributed by atoms with van der Waals surface area (Å²) in [5.74, 6) is 0.281. The Balaban J connectivity index is 2.17. The van der Waals surface area contributed by atoms with Crippen molar-refractivity contribution >= 4 is 22.7 Å². The number of ether oxygens (including phenoxy) is 1. The number of nitrogens with two attached hydrogens (primary N) is 1. The molecule has 1 heterocycles. The van der Waals surface area contributed by atoms with Crippen molar-refractivity contribution < 1.29 is 9.53 Å². The van der Waals surface area contributed by atoms with E-state index in [1.165, 1.54) is 0 Å². The van der Waals surface area contributed by atoms with Gasteiger partial charge in [-0.25, -0.2) is 4.98 Å². The molecule has 0 bridgehead atoms. The molecular weight excluding hydrogens is 228 g/mol. The Morgan fingerprint density at radius 1 is 1.39 bits per heavy atom. The average Bonchev–Trinajstić information content (AvgIpc) is 2.36. The van der Waals surface area contributed by atoms with E-state index in [9.17, 15) is 4.79 Å². The van der Waals surface area contributed by atoms with Gasteiger partial charge in [-0.3, -0.25) is 4.79 Å². The number of aryl methyl sites for hydroxylation is 1. The number of rotatable bonds is 4. The van der Waals surface area contributed by atoms with E-state index in [0.29, 0.717) is 25.3 Å². The van der Waals surface area contributed by atoms with E-state index < -0.39 is 0 Å². The molecule has 0 saturated heterocycles. The molecule has 0 spiro atoms. The fourth-order valence-electron chi connectivity index (χ4n) is 1.84. The molecule has 0 radical (unpaired) electrons. The van der Waals surface area contributed by atoms with Crippen molar-refractivity contribution in [2.24, 2.45) is 0 Å². The zero-order chi connectivity index (χ0) is 13.0. The molecule has 0 unspecified atom stereocenters. The van der Waals surface area contributed by atoms with E-state index in [1.807, 2.05) is 30.3 Å². The van der Waals surface area contributed by atoms with Gasteiger partial charge in [0.25, 0.3) is 0 Å². The van der Waals surface area contributed by atoms with E-state index in [-0.39, 0.29) is 5.97 Å². The number of nitrogens with zero attached hydrogens (tertiary/aromatic N) is 1. The number of carbonyl (C=O) groups excluding carboxylic acids is 1. The van der Waals surface area contributed by atoms with Crippen LogP contribution >= 0.6 is 0 Å². The van der Waals surface area contributed by atoms with Crippen molar-refractivity contribution in [2.75, 3.05) is 12.3 Å². The molecule has 1 aromatic carbocycles. The Bertz CT molecular complexity index is 567. The van der Waals surface area contributed by atoms with Gasteiger partial charge >= 0.3 is 5.97 Å². The molecule has 18 heavy (non-hydrogen) atoms. The first-order valence-electron chi connectivity index (χ1n) is 6.00. The fourth-order valence-corrected chi connectivity index (χ4v) is 1.84. The van der Waals surface area contributed by atoms with Crippen LogP contribution in [0.5, 0.6) is 0 Å². The lowest BCUT2D eigenvalue weighted by Crippen LogP contribution is -2.07.